The third kappa shape index (κ3) is 3.44. The first-order chi connectivity index (χ1) is 13.5. The smallest absolute Gasteiger partial charge is 0.253 e. The van der Waals surface area contributed by atoms with Crippen LogP contribution in [0.15, 0.2) is 48.5 Å². The zero-order valence-electron chi connectivity index (χ0n) is 16.5. The van der Waals surface area contributed by atoms with Crippen LogP contribution >= 0.6 is 11.8 Å². The van der Waals surface area contributed by atoms with Gasteiger partial charge in [-0.3, -0.25) is 14.5 Å². The molecule has 2 aliphatic rings. The molecule has 1 spiro atoms. The molecule has 0 aromatic heterocycles. The molecule has 2 saturated heterocycles. The number of benzene rings is 2. The third-order valence-electron chi connectivity index (χ3n) is 5.82. The number of likely N-dealkylation sites (tertiary alicyclic amines) is 1. The van der Waals surface area contributed by atoms with Crippen LogP contribution in [0.3, 0.4) is 0 Å². The van der Waals surface area contributed by atoms with Gasteiger partial charge in [0.1, 0.15) is 0 Å². The summed E-state index contributed by atoms with van der Waals surface area (Å²) in [4.78, 5) is 29.3. The van der Waals surface area contributed by atoms with Gasteiger partial charge in [0, 0.05) is 24.3 Å². The first kappa shape index (κ1) is 19.1. The zero-order valence-corrected chi connectivity index (χ0v) is 17.3. The lowest BCUT2D eigenvalue weighted by atomic mass is 9.99. The SMILES string of the molecule is CCc1ccc(C(=O)N2CCC3(CC2)SCC(=O)N3c2cccc(C)c2)cc1. The van der Waals surface area contributed by atoms with Crippen molar-refractivity contribution >= 4 is 29.3 Å². The van der Waals surface area contributed by atoms with Crippen LogP contribution in [0.1, 0.15) is 41.3 Å². The van der Waals surface area contributed by atoms with Gasteiger partial charge in [0.25, 0.3) is 5.91 Å². The maximum atomic E-state index is 12.9. The number of hydrogen-bond donors (Lipinski definition) is 0. The molecule has 0 radical (unpaired) electrons. The molecule has 0 aliphatic carbocycles. The molecule has 2 heterocycles. The average Bonchev–Trinajstić information content (AvgIpc) is 3.04. The molecule has 0 atom stereocenters. The van der Waals surface area contributed by atoms with E-state index in [2.05, 4.69) is 26.0 Å². The van der Waals surface area contributed by atoms with E-state index in [9.17, 15) is 9.59 Å². The van der Waals surface area contributed by atoms with E-state index in [1.165, 1.54) is 5.56 Å². The topological polar surface area (TPSA) is 40.6 Å². The molecular weight excluding hydrogens is 368 g/mol. The van der Waals surface area contributed by atoms with Gasteiger partial charge in [-0.1, -0.05) is 31.2 Å². The van der Waals surface area contributed by atoms with Crippen LogP contribution in [-0.4, -0.2) is 40.4 Å². The molecule has 0 unspecified atom stereocenters. The van der Waals surface area contributed by atoms with Gasteiger partial charge in [-0.15, -0.1) is 11.8 Å². The number of rotatable bonds is 3. The van der Waals surface area contributed by atoms with Crippen LogP contribution < -0.4 is 4.90 Å². The molecule has 146 valence electrons. The maximum Gasteiger partial charge on any atom is 0.253 e. The third-order valence-corrected chi connectivity index (χ3v) is 7.34. The van der Waals surface area contributed by atoms with Crippen molar-refractivity contribution in [3.63, 3.8) is 0 Å². The Bertz CT molecular complexity index is 886. The summed E-state index contributed by atoms with van der Waals surface area (Å²) in [6.07, 6.45) is 2.58. The van der Waals surface area contributed by atoms with Gasteiger partial charge in [0.2, 0.25) is 5.91 Å². The van der Waals surface area contributed by atoms with Crippen LogP contribution in [-0.2, 0) is 11.2 Å². The Morgan fingerprint density at radius 2 is 1.82 bits per heavy atom. The number of nitrogens with zero attached hydrogens (tertiary/aromatic N) is 2. The molecule has 0 saturated carbocycles. The molecule has 2 amide bonds. The monoisotopic (exact) mass is 394 g/mol. The summed E-state index contributed by atoms with van der Waals surface area (Å²) in [6.45, 7) is 5.52. The fourth-order valence-corrected chi connectivity index (χ4v) is 5.52. The molecule has 0 bridgehead atoms. The van der Waals surface area contributed by atoms with Crippen LogP contribution in [0.5, 0.6) is 0 Å². The Balaban J connectivity index is 1.50. The number of carbonyl (C=O) groups excluding carboxylic acids is 2. The molecule has 5 heteroatoms. The van der Waals surface area contributed by atoms with E-state index < -0.39 is 0 Å². The normalized spacial score (nSPS) is 18.7. The zero-order chi connectivity index (χ0) is 19.7. The maximum absolute atomic E-state index is 12.9. The first-order valence-corrected chi connectivity index (χ1v) is 10.9. The van der Waals surface area contributed by atoms with Crippen molar-refractivity contribution < 1.29 is 9.59 Å². The van der Waals surface area contributed by atoms with Crippen LogP contribution in [0.4, 0.5) is 5.69 Å². The second-order valence-corrected chi connectivity index (χ2v) is 8.98. The van der Waals surface area contributed by atoms with E-state index >= 15 is 0 Å². The Kier molecular flexibility index (Phi) is 5.19. The Morgan fingerprint density at radius 1 is 1.11 bits per heavy atom. The molecule has 4 nitrogen and oxygen atoms in total. The molecule has 4 rings (SSSR count). The number of anilines is 1. The molecule has 2 aromatic rings. The molecule has 28 heavy (non-hydrogen) atoms. The lowest BCUT2D eigenvalue weighted by Gasteiger charge is -2.44. The first-order valence-electron chi connectivity index (χ1n) is 9.94. The highest BCUT2D eigenvalue weighted by Crippen LogP contribution is 2.47. The minimum Gasteiger partial charge on any atom is -0.338 e. The van der Waals surface area contributed by atoms with Crippen molar-refractivity contribution in [3.05, 3.63) is 65.2 Å². The Morgan fingerprint density at radius 3 is 2.46 bits per heavy atom. The highest BCUT2D eigenvalue weighted by molar-refractivity contribution is 8.02. The van der Waals surface area contributed by atoms with E-state index in [0.29, 0.717) is 18.8 Å². The van der Waals surface area contributed by atoms with Crippen molar-refractivity contribution in [1.82, 2.24) is 4.90 Å². The number of thioether (sulfide) groups is 1. The van der Waals surface area contributed by atoms with Gasteiger partial charge in [0.05, 0.1) is 10.6 Å². The van der Waals surface area contributed by atoms with Gasteiger partial charge in [-0.2, -0.15) is 0 Å². The predicted molar refractivity (Wildman–Crippen MR) is 115 cm³/mol. The number of hydrogen-bond acceptors (Lipinski definition) is 3. The fourth-order valence-electron chi connectivity index (χ4n) is 4.19. The minimum atomic E-state index is -0.228. The van der Waals surface area contributed by atoms with E-state index in [-0.39, 0.29) is 16.7 Å². The molecule has 0 N–H and O–H groups in total. The van der Waals surface area contributed by atoms with Gasteiger partial charge in [-0.25, -0.2) is 0 Å². The predicted octanol–water partition coefficient (Wildman–Crippen LogP) is 4.27. The number of piperidine rings is 1. The molecule has 2 aromatic carbocycles. The Hall–Kier alpha value is -2.27. The summed E-state index contributed by atoms with van der Waals surface area (Å²) in [5.41, 5.74) is 4.12. The highest BCUT2D eigenvalue weighted by atomic mass is 32.2. The van der Waals surface area contributed by atoms with Gasteiger partial charge < -0.3 is 4.90 Å². The summed E-state index contributed by atoms with van der Waals surface area (Å²) in [6, 6.07) is 16.1. The summed E-state index contributed by atoms with van der Waals surface area (Å²) < 4.78 is 0. The standard InChI is InChI=1S/C23H26N2O2S/c1-3-18-7-9-19(10-8-18)22(27)24-13-11-23(12-14-24)25(21(26)16-28-23)20-6-4-5-17(2)15-20/h4-10,15H,3,11-14,16H2,1-2H3. The highest BCUT2D eigenvalue weighted by Gasteiger charge is 2.49. The summed E-state index contributed by atoms with van der Waals surface area (Å²) in [7, 11) is 0. The Labute approximate surface area is 170 Å². The average molecular weight is 395 g/mol. The molecular formula is C23H26N2O2S. The largest absolute Gasteiger partial charge is 0.338 e. The second-order valence-electron chi connectivity index (χ2n) is 7.65. The van der Waals surface area contributed by atoms with E-state index in [4.69, 9.17) is 0 Å². The lowest BCUT2D eigenvalue weighted by molar-refractivity contribution is -0.116. The van der Waals surface area contributed by atoms with Crippen LogP contribution in [0, 0.1) is 6.92 Å². The van der Waals surface area contributed by atoms with Crippen molar-refractivity contribution in [1.29, 1.82) is 0 Å². The summed E-state index contributed by atoms with van der Waals surface area (Å²) in [5, 5.41) is 0. The van der Waals surface area contributed by atoms with Crippen molar-refractivity contribution in [2.24, 2.45) is 0 Å². The summed E-state index contributed by atoms with van der Waals surface area (Å²) >= 11 is 1.74. The lowest BCUT2D eigenvalue weighted by Crippen LogP contribution is -2.53. The van der Waals surface area contributed by atoms with E-state index in [1.54, 1.807) is 11.8 Å². The summed E-state index contributed by atoms with van der Waals surface area (Å²) in [5.74, 6) is 0.778. The second kappa shape index (κ2) is 7.63. The number of aryl methyl sites for hydroxylation is 2. The van der Waals surface area contributed by atoms with Crippen molar-refractivity contribution in [2.75, 3.05) is 23.7 Å². The van der Waals surface area contributed by atoms with Crippen LogP contribution in [0.25, 0.3) is 0 Å². The fraction of sp³-hybridized carbons (Fsp3) is 0.391. The number of carbonyl (C=O) groups is 2. The number of amides is 2. The van der Waals surface area contributed by atoms with Gasteiger partial charge >= 0.3 is 0 Å². The quantitative estimate of drug-likeness (QED) is 0.781. The molecule has 2 fully saturated rings. The van der Waals surface area contributed by atoms with Crippen LogP contribution in [0.2, 0.25) is 0 Å². The van der Waals surface area contributed by atoms with Gasteiger partial charge in [-0.05, 0) is 61.6 Å². The van der Waals surface area contributed by atoms with Crippen molar-refractivity contribution in [2.45, 2.75) is 38.0 Å². The van der Waals surface area contributed by atoms with E-state index in [1.807, 2.05) is 46.2 Å². The molecule has 2 aliphatic heterocycles. The van der Waals surface area contributed by atoms with Gasteiger partial charge in [0.15, 0.2) is 0 Å². The van der Waals surface area contributed by atoms with Crippen molar-refractivity contribution in [3.8, 4) is 0 Å². The minimum absolute atomic E-state index is 0.0916. The van der Waals surface area contributed by atoms with E-state index in [0.717, 1.165) is 36.1 Å².